The number of amides is 1. The molecule has 2 aromatic carbocycles. The van der Waals surface area contributed by atoms with Crippen molar-refractivity contribution in [3.8, 4) is 0 Å². The third kappa shape index (κ3) is 5.37. The lowest BCUT2D eigenvalue weighted by atomic mass is 10.2. The molecular formula is C22H21Cl2N5O2. The average molecular weight is 458 g/mol. The second-order valence-electron chi connectivity index (χ2n) is 7.20. The molecule has 1 fully saturated rings. The van der Waals surface area contributed by atoms with Gasteiger partial charge in [0.15, 0.2) is 0 Å². The molecule has 1 aliphatic rings. The summed E-state index contributed by atoms with van der Waals surface area (Å²) < 4.78 is 1.18. The molecule has 7 nitrogen and oxygen atoms in total. The molecule has 31 heavy (non-hydrogen) atoms. The van der Waals surface area contributed by atoms with E-state index in [1.54, 1.807) is 30.3 Å². The van der Waals surface area contributed by atoms with Crippen LogP contribution >= 0.6 is 23.2 Å². The van der Waals surface area contributed by atoms with Crippen molar-refractivity contribution < 1.29 is 4.79 Å². The maximum Gasteiger partial charge on any atom is 0.267 e. The first-order valence-corrected chi connectivity index (χ1v) is 10.6. The fourth-order valence-electron chi connectivity index (χ4n) is 3.46. The van der Waals surface area contributed by atoms with Crippen LogP contribution < -0.4 is 20.7 Å². The molecule has 1 N–H and O–H groups in total. The Hall–Kier alpha value is -3.03. The molecule has 1 aromatic heterocycles. The number of benzene rings is 2. The number of aromatic nitrogens is 2. The van der Waals surface area contributed by atoms with Crippen molar-refractivity contribution in [3.05, 3.63) is 81.1 Å². The highest BCUT2D eigenvalue weighted by Crippen LogP contribution is 2.22. The minimum atomic E-state index is -0.333. The van der Waals surface area contributed by atoms with Crippen LogP contribution in [0.5, 0.6) is 0 Å². The molecule has 0 radical (unpaired) electrons. The van der Waals surface area contributed by atoms with Crippen molar-refractivity contribution >= 4 is 46.3 Å². The van der Waals surface area contributed by atoms with Gasteiger partial charge in [-0.2, -0.15) is 5.10 Å². The number of anilines is 3. The smallest absolute Gasteiger partial charge is 0.267 e. The molecule has 0 aliphatic carbocycles. The van der Waals surface area contributed by atoms with Crippen molar-refractivity contribution in [2.75, 3.05) is 41.3 Å². The zero-order valence-electron chi connectivity index (χ0n) is 16.7. The third-order valence-corrected chi connectivity index (χ3v) is 5.54. The molecule has 2 heterocycles. The highest BCUT2D eigenvalue weighted by atomic mass is 35.5. The van der Waals surface area contributed by atoms with E-state index >= 15 is 0 Å². The van der Waals surface area contributed by atoms with Crippen LogP contribution in [0.4, 0.5) is 17.2 Å². The maximum absolute atomic E-state index is 12.4. The van der Waals surface area contributed by atoms with Gasteiger partial charge in [0.1, 0.15) is 12.4 Å². The Morgan fingerprint density at radius 1 is 0.903 bits per heavy atom. The van der Waals surface area contributed by atoms with E-state index < -0.39 is 0 Å². The van der Waals surface area contributed by atoms with E-state index in [1.807, 2.05) is 24.3 Å². The second-order valence-corrected chi connectivity index (χ2v) is 8.07. The molecule has 0 spiro atoms. The number of hydrogen-bond donors (Lipinski definition) is 1. The van der Waals surface area contributed by atoms with Crippen LogP contribution in [0, 0.1) is 0 Å². The number of halogens is 2. The molecule has 0 saturated carbocycles. The molecule has 1 amide bonds. The van der Waals surface area contributed by atoms with Gasteiger partial charge in [-0.3, -0.25) is 9.59 Å². The Balaban J connectivity index is 1.40. The first kappa shape index (κ1) is 21.2. The molecule has 1 saturated heterocycles. The summed E-state index contributed by atoms with van der Waals surface area (Å²) in [7, 11) is 0. The minimum absolute atomic E-state index is 0.169. The third-order valence-electron chi connectivity index (χ3n) is 5.05. The monoisotopic (exact) mass is 457 g/mol. The van der Waals surface area contributed by atoms with Gasteiger partial charge in [-0.15, -0.1) is 0 Å². The molecule has 1 aliphatic heterocycles. The van der Waals surface area contributed by atoms with E-state index in [-0.39, 0.29) is 18.0 Å². The summed E-state index contributed by atoms with van der Waals surface area (Å²) in [5.41, 5.74) is 1.37. The largest absolute Gasteiger partial charge is 0.368 e. The summed E-state index contributed by atoms with van der Waals surface area (Å²) in [6.45, 7) is 2.93. The van der Waals surface area contributed by atoms with E-state index in [0.717, 1.165) is 31.9 Å². The highest BCUT2D eigenvalue weighted by molar-refractivity contribution is 6.31. The molecule has 3 aromatic rings. The standard InChI is InChI=1S/C22H21Cl2N5O2/c23-16-4-6-18(7-5-16)25-21(30)15-29-22(31)9-8-20(26-29)28-12-10-27(11-13-28)19-3-1-2-17(24)14-19/h1-9,14H,10-13,15H2,(H,25,30). The number of hydrogen-bond acceptors (Lipinski definition) is 5. The summed E-state index contributed by atoms with van der Waals surface area (Å²) in [6.07, 6.45) is 0. The van der Waals surface area contributed by atoms with Crippen molar-refractivity contribution in [1.29, 1.82) is 0 Å². The summed E-state index contributed by atoms with van der Waals surface area (Å²) in [6, 6.07) is 17.7. The normalized spacial score (nSPS) is 13.9. The zero-order valence-corrected chi connectivity index (χ0v) is 18.2. The Labute approximate surface area is 189 Å². The van der Waals surface area contributed by atoms with Crippen molar-refractivity contribution in [1.82, 2.24) is 9.78 Å². The van der Waals surface area contributed by atoms with Crippen LogP contribution in [0.1, 0.15) is 0 Å². The number of piperazine rings is 1. The number of rotatable bonds is 5. The van der Waals surface area contributed by atoms with Gasteiger partial charge in [-0.05, 0) is 48.5 Å². The molecule has 9 heteroatoms. The number of carbonyl (C=O) groups excluding carboxylic acids is 1. The summed E-state index contributed by atoms with van der Waals surface area (Å²) in [5.74, 6) is 0.337. The quantitative estimate of drug-likeness (QED) is 0.634. The molecule has 160 valence electrons. The predicted octanol–water partition coefficient (Wildman–Crippen LogP) is 3.52. The molecule has 4 rings (SSSR count). The van der Waals surface area contributed by atoms with Gasteiger partial charge in [0.2, 0.25) is 5.91 Å². The van der Waals surface area contributed by atoms with Gasteiger partial charge < -0.3 is 15.1 Å². The van der Waals surface area contributed by atoms with Crippen LogP contribution in [0.15, 0.2) is 65.5 Å². The van der Waals surface area contributed by atoms with Crippen molar-refractivity contribution in [3.63, 3.8) is 0 Å². The lowest BCUT2D eigenvalue weighted by Crippen LogP contribution is -2.47. The fourth-order valence-corrected chi connectivity index (χ4v) is 3.77. The fraction of sp³-hybridized carbons (Fsp3) is 0.227. The van der Waals surface area contributed by atoms with Crippen LogP contribution in [-0.4, -0.2) is 41.9 Å². The van der Waals surface area contributed by atoms with Crippen LogP contribution in [0.25, 0.3) is 0 Å². The highest BCUT2D eigenvalue weighted by Gasteiger charge is 2.19. The average Bonchev–Trinajstić information content (AvgIpc) is 2.77. The van der Waals surface area contributed by atoms with E-state index in [1.165, 1.54) is 10.7 Å². The number of carbonyl (C=O) groups is 1. The Bertz CT molecular complexity index is 1130. The summed E-state index contributed by atoms with van der Waals surface area (Å²) in [5, 5.41) is 8.45. The van der Waals surface area contributed by atoms with Crippen LogP contribution in [-0.2, 0) is 11.3 Å². The predicted molar refractivity (Wildman–Crippen MR) is 124 cm³/mol. The first-order valence-electron chi connectivity index (χ1n) is 9.87. The van der Waals surface area contributed by atoms with Gasteiger partial charge in [0.05, 0.1) is 0 Å². The minimum Gasteiger partial charge on any atom is -0.368 e. The van der Waals surface area contributed by atoms with E-state index in [2.05, 4.69) is 20.2 Å². The lowest BCUT2D eigenvalue weighted by Gasteiger charge is -2.36. The molecule has 0 unspecified atom stereocenters. The van der Waals surface area contributed by atoms with Crippen molar-refractivity contribution in [2.24, 2.45) is 0 Å². The first-order chi connectivity index (χ1) is 15.0. The molecular weight excluding hydrogens is 437 g/mol. The van der Waals surface area contributed by atoms with Crippen molar-refractivity contribution in [2.45, 2.75) is 6.54 Å². The lowest BCUT2D eigenvalue weighted by molar-refractivity contribution is -0.117. The van der Waals surface area contributed by atoms with E-state index in [0.29, 0.717) is 21.6 Å². The molecule has 0 bridgehead atoms. The SMILES string of the molecule is O=C(Cn1nc(N2CCN(c3cccc(Cl)c3)CC2)ccc1=O)Nc1ccc(Cl)cc1. The number of nitrogens with zero attached hydrogens (tertiary/aromatic N) is 4. The van der Waals surface area contributed by atoms with Gasteiger partial charge in [0.25, 0.3) is 5.56 Å². The summed E-state index contributed by atoms with van der Waals surface area (Å²) >= 11 is 12.0. The van der Waals surface area contributed by atoms with Gasteiger partial charge in [-0.1, -0.05) is 29.3 Å². The zero-order chi connectivity index (χ0) is 21.8. The topological polar surface area (TPSA) is 70.5 Å². The van der Waals surface area contributed by atoms with E-state index in [9.17, 15) is 9.59 Å². The Kier molecular flexibility index (Phi) is 6.44. The summed E-state index contributed by atoms with van der Waals surface area (Å²) in [4.78, 5) is 28.9. The Morgan fingerprint density at radius 3 is 2.32 bits per heavy atom. The van der Waals surface area contributed by atoms with Gasteiger partial charge >= 0.3 is 0 Å². The van der Waals surface area contributed by atoms with Gasteiger partial charge in [0, 0.05) is 53.7 Å². The van der Waals surface area contributed by atoms with E-state index in [4.69, 9.17) is 23.2 Å². The van der Waals surface area contributed by atoms with Gasteiger partial charge in [-0.25, -0.2) is 4.68 Å². The number of nitrogens with one attached hydrogen (secondary N) is 1. The van der Waals surface area contributed by atoms with Crippen LogP contribution in [0.3, 0.4) is 0 Å². The molecule has 0 atom stereocenters. The van der Waals surface area contributed by atoms with Crippen LogP contribution in [0.2, 0.25) is 10.0 Å². The second kappa shape index (κ2) is 9.41. The maximum atomic E-state index is 12.4. The Morgan fingerprint density at radius 2 is 1.61 bits per heavy atom.